The first-order valence-corrected chi connectivity index (χ1v) is 10.7. The Hall–Kier alpha value is -3.51. The summed E-state index contributed by atoms with van der Waals surface area (Å²) < 4.78 is 7.18. The minimum atomic E-state index is -0.679. The second kappa shape index (κ2) is 7.96. The van der Waals surface area contributed by atoms with E-state index in [-0.39, 0.29) is 5.91 Å². The molecule has 0 saturated carbocycles. The largest absolute Gasteiger partial charge is 0.446 e. The first-order valence-electron chi connectivity index (χ1n) is 9.86. The van der Waals surface area contributed by atoms with Crippen LogP contribution in [0.25, 0.3) is 22.2 Å². The first-order chi connectivity index (χ1) is 15.1. The Morgan fingerprint density at radius 1 is 0.935 bits per heavy atom. The van der Waals surface area contributed by atoms with Crippen LogP contribution in [0.4, 0.5) is 0 Å². The molecule has 3 aromatic carbocycles. The van der Waals surface area contributed by atoms with E-state index in [1.54, 1.807) is 0 Å². The van der Waals surface area contributed by atoms with Gasteiger partial charge in [-0.3, -0.25) is 4.79 Å². The lowest BCUT2D eigenvalue weighted by molar-refractivity contribution is -0.135. The van der Waals surface area contributed by atoms with Crippen molar-refractivity contribution in [2.75, 3.05) is 0 Å². The molecule has 0 N–H and O–H groups in total. The van der Waals surface area contributed by atoms with Gasteiger partial charge in [-0.1, -0.05) is 70.5 Å². The number of pyridine rings is 1. The van der Waals surface area contributed by atoms with Gasteiger partial charge in [-0.05, 0) is 30.3 Å². The van der Waals surface area contributed by atoms with Crippen molar-refractivity contribution in [3.63, 3.8) is 0 Å². The Morgan fingerprint density at radius 3 is 2.45 bits per heavy atom. The van der Waals surface area contributed by atoms with Gasteiger partial charge in [0.1, 0.15) is 0 Å². The number of nitrogens with zero attached hydrogens (tertiary/aromatic N) is 3. The molecule has 2 heterocycles. The maximum absolute atomic E-state index is 12.5. The van der Waals surface area contributed by atoms with E-state index in [0.29, 0.717) is 5.90 Å². The Morgan fingerprint density at radius 2 is 1.68 bits per heavy atom. The summed E-state index contributed by atoms with van der Waals surface area (Å²) in [7, 11) is 0. The predicted molar refractivity (Wildman–Crippen MR) is 124 cm³/mol. The lowest BCUT2D eigenvalue weighted by Crippen LogP contribution is -2.25. The Kier molecular flexibility index (Phi) is 5.00. The average Bonchev–Trinajstić information content (AvgIpc) is 3.25. The second-order valence-corrected chi connectivity index (χ2v) is 8.14. The number of fused-ring (bicyclic) bond motifs is 1. The minimum absolute atomic E-state index is 0.197. The van der Waals surface area contributed by atoms with E-state index >= 15 is 0 Å². The van der Waals surface area contributed by atoms with Crippen molar-refractivity contribution in [3.8, 4) is 11.3 Å². The third-order valence-corrected chi connectivity index (χ3v) is 5.62. The third-order valence-electron chi connectivity index (χ3n) is 5.12. The van der Waals surface area contributed by atoms with Crippen molar-refractivity contribution in [1.82, 2.24) is 9.99 Å². The number of ether oxygens (including phenoxy) is 1. The summed E-state index contributed by atoms with van der Waals surface area (Å²) in [6.45, 7) is 1.49. The highest BCUT2D eigenvalue weighted by molar-refractivity contribution is 9.10. The smallest absolute Gasteiger partial charge is 0.243 e. The first kappa shape index (κ1) is 19.5. The van der Waals surface area contributed by atoms with Gasteiger partial charge in [-0.25, -0.2) is 4.98 Å². The number of para-hydroxylation sites is 1. The molecule has 0 bridgehead atoms. The lowest BCUT2D eigenvalue weighted by Gasteiger charge is -2.21. The maximum Gasteiger partial charge on any atom is 0.243 e. The molecule has 1 aliphatic heterocycles. The molecular weight excluding hydrogens is 454 g/mol. The molecule has 5 nitrogen and oxygen atoms in total. The van der Waals surface area contributed by atoms with Gasteiger partial charge in [0, 0.05) is 33.5 Å². The van der Waals surface area contributed by atoms with E-state index in [9.17, 15) is 4.79 Å². The van der Waals surface area contributed by atoms with Gasteiger partial charge in [-0.15, -0.1) is 5.10 Å². The molecule has 31 heavy (non-hydrogen) atoms. The van der Waals surface area contributed by atoms with Gasteiger partial charge in [0.2, 0.25) is 18.0 Å². The molecule has 152 valence electrons. The number of amides is 1. The van der Waals surface area contributed by atoms with E-state index in [0.717, 1.165) is 37.8 Å². The van der Waals surface area contributed by atoms with Crippen molar-refractivity contribution < 1.29 is 9.53 Å². The maximum atomic E-state index is 12.5. The number of hydrazone groups is 1. The highest BCUT2D eigenvalue weighted by atomic mass is 79.9. The van der Waals surface area contributed by atoms with Gasteiger partial charge >= 0.3 is 0 Å². The summed E-state index contributed by atoms with van der Waals surface area (Å²) in [6.07, 6.45) is -0.679. The quantitative estimate of drug-likeness (QED) is 0.373. The van der Waals surface area contributed by atoms with Crippen LogP contribution < -0.4 is 0 Å². The fourth-order valence-electron chi connectivity index (χ4n) is 3.67. The van der Waals surface area contributed by atoms with Crippen molar-refractivity contribution in [1.29, 1.82) is 0 Å². The number of aromatic nitrogens is 1. The summed E-state index contributed by atoms with van der Waals surface area (Å²) in [6, 6.07) is 27.5. The number of hydrogen-bond acceptors (Lipinski definition) is 4. The van der Waals surface area contributed by atoms with E-state index < -0.39 is 6.23 Å². The Labute approximate surface area is 188 Å². The van der Waals surface area contributed by atoms with Gasteiger partial charge < -0.3 is 4.74 Å². The lowest BCUT2D eigenvalue weighted by atomic mass is 10.0. The topological polar surface area (TPSA) is 54.8 Å². The zero-order valence-electron chi connectivity index (χ0n) is 16.7. The number of carbonyl (C=O) groups excluding carboxylic acids is 1. The molecule has 1 unspecified atom stereocenters. The van der Waals surface area contributed by atoms with Gasteiger partial charge in [-0.2, -0.15) is 5.01 Å². The van der Waals surface area contributed by atoms with Crippen LogP contribution in [-0.2, 0) is 9.53 Å². The minimum Gasteiger partial charge on any atom is -0.446 e. The number of halogens is 1. The number of carbonyl (C=O) groups is 1. The van der Waals surface area contributed by atoms with Crippen molar-refractivity contribution in [2.24, 2.45) is 5.10 Å². The summed E-state index contributed by atoms with van der Waals surface area (Å²) in [5.74, 6) is 0.209. The standard InChI is InChI=1S/C25H18BrN3O2/c1-16(30)29-25(31-24(28-29)18-10-7-11-19(26)14-18)21-15-23(17-8-3-2-4-9-17)27-22-13-6-5-12-20(21)22/h2-15,25H,1H3. The van der Waals surface area contributed by atoms with E-state index in [2.05, 4.69) is 21.0 Å². The molecule has 1 aromatic heterocycles. The van der Waals surface area contributed by atoms with Crippen LogP contribution in [0.3, 0.4) is 0 Å². The zero-order valence-corrected chi connectivity index (χ0v) is 18.3. The predicted octanol–water partition coefficient (Wildman–Crippen LogP) is 5.90. The van der Waals surface area contributed by atoms with E-state index in [1.807, 2.05) is 84.9 Å². The normalized spacial score (nSPS) is 15.6. The van der Waals surface area contributed by atoms with Crippen LogP contribution in [0.15, 0.2) is 94.5 Å². The molecule has 1 aliphatic rings. The molecule has 1 amide bonds. The van der Waals surface area contributed by atoms with Crippen LogP contribution >= 0.6 is 15.9 Å². The highest BCUT2D eigenvalue weighted by Crippen LogP contribution is 2.36. The molecule has 0 fully saturated rings. The average molecular weight is 472 g/mol. The summed E-state index contributed by atoms with van der Waals surface area (Å²) in [5.41, 5.74) is 4.28. The van der Waals surface area contributed by atoms with Crippen molar-refractivity contribution in [3.05, 3.63) is 101 Å². The van der Waals surface area contributed by atoms with Crippen LogP contribution in [0, 0.1) is 0 Å². The fraction of sp³-hybridized carbons (Fsp3) is 0.0800. The summed E-state index contributed by atoms with van der Waals surface area (Å²) in [4.78, 5) is 17.3. The fourth-order valence-corrected chi connectivity index (χ4v) is 4.07. The highest BCUT2D eigenvalue weighted by Gasteiger charge is 2.34. The monoisotopic (exact) mass is 471 g/mol. The Balaban J connectivity index is 1.65. The van der Waals surface area contributed by atoms with Crippen molar-refractivity contribution in [2.45, 2.75) is 13.2 Å². The third kappa shape index (κ3) is 3.70. The van der Waals surface area contributed by atoms with Crippen molar-refractivity contribution >= 4 is 38.6 Å². The molecule has 1 atom stereocenters. The number of hydrogen-bond donors (Lipinski definition) is 0. The van der Waals surface area contributed by atoms with Gasteiger partial charge in [0.05, 0.1) is 11.2 Å². The molecule has 0 radical (unpaired) electrons. The summed E-state index contributed by atoms with van der Waals surface area (Å²) >= 11 is 3.48. The number of rotatable bonds is 3. The SMILES string of the molecule is CC(=O)N1N=C(c2cccc(Br)c2)OC1c1cc(-c2ccccc2)nc2ccccc12. The number of benzene rings is 3. The zero-order chi connectivity index (χ0) is 21.4. The molecule has 0 spiro atoms. The van der Waals surface area contributed by atoms with Crippen LogP contribution in [0.1, 0.15) is 24.3 Å². The van der Waals surface area contributed by atoms with Gasteiger partial charge in [0.15, 0.2) is 0 Å². The van der Waals surface area contributed by atoms with Crippen LogP contribution in [-0.4, -0.2) is 21.8 Å². The van der Waals surface area contributed by atoms with Crippen LogP contribution in [0.2, 0.25) is 0 Å². The van der Waals surface area contributed by atoms with Gasteiger partial charge in [0.25, 0.3) is 0 Å². The second-order valence-electron chi connectivity index (χ2n) is 7.23. The molecular formula is C25H18BrN3O2. The van der Waals surface area contributed by atoms with Crippen LogP contribution in [0.5, 0.6) is 0 Å². The molecule has 4 aromatic rings. The molecule has 5 rings (SSSR count). The molecule has 0 saturated heterocycles. The van der Waals surface area contributed by atoms with E-state index in [1.165, 1.54) is 11.9 Å². The summed E-state index contributed by atoms with van der Waals surface area (Å²) in [5, 5.41) is 6.82. The van der Waals surface area contributed by atoms with E-state index in [4.69, 9.17) is 9.72 Å². The Bertz CT molecular complexity index is 1320. The molecule has 0 aliphatic carbocycles. The molecule has 6 heteroatoms.